The zero-order valence-electron chi connectivity index (χ0n) is 14.7. The number of hydrogen-bond donors (Lipinski definition) is 2. The Labute approximate surface area is 149 Å². The summed E-state index contributed by atoms with van der Waals surface area (Å²) < 4.78 is 23.9. The molecular formula is C19H24N2O3S. The zero-order valence-corrected chi connectivity index (χ0v) is 15.6. The fraction of sp³-hybridized carbons (Fsp3) is 0.316. The molecule has 0 aromatic heterocycles. The van der Waals surface area contributed by atoms with Gasteiger partial charge in [-0.05, 0) is 56.2 Å². The molecule has 0 bridgehead atoms. The van der Waals surface area contributed by atoms with Crippen LogP contribution in [0.15, 0.2) is 48.5 Å². The first-order valence-electron chi connectivity index (χ1n) is 8.04. The topological polar surface area (TPSA) is 89.3 Å². The summed E-state index contributed by atoms with van der Waals surface area (Å²) in [6, 6.07) is 13.9. The lowest BCUT2D eigenvalue weighted by Gasteiger charge is -2.19. The molecule has 0 unspecified atom stereocenters. The minimum absolute atomic E-state index is 0.0641. The standard InChI is InChI=1S/C19H24N2O3S/c1-19(2,3)25(23,24)13-15-5-4-6-17(11-15)21-18(22)16-9-7-14(12-20)8-10-16/h4-11H,12-13,20H2,1-3H3,(H,21,22). The van der Waals surface area contributed by atoms with Crippen molar-refractivity contribution in [1.29, 1.82) is 0 Å². The van der Waals surface area contributed by atoms with Gasteiger partial charge in [0.15, 0.2) is 9.84 Å². The van der Waals surface area contributed by atoms with Crippen molar-refractivity contribution >= 4 is 21.4 Å². The Kier molecular flexibility index (Phi) is 5.65. The van der Waals surface area contributed by atoms with Crippen molar-refractivity contribution in [3.05, 3.63) is 65.2 Å². The van der Waals surface area contributed by atoms with Gasteiger partial charge in [-0.3, -0.25) is 4.79 Å². The minimum Gasteiger partial charge on any atom is -0.326 e. The van der Waals surface area contributed by atoms with Crippen LogP contribution in [0.3, 0.4) is 0 Å². The van der Waals surface area contributed by atoms with E-state index < -0.39 is 14.6 Å². The highest BCUT2D eigenvalue weighted by molar-refractivity contribution is 7.91. The van der Waals surface area contributed by atoms with Crippen molar-refractivity contribution < 1.29 is 13.2 Å². The number of sulfone groups is 1. The van der Waals surface area contributed by atoms with Crippen LogP contribution in [0.4, 0.5) is 5.69 Å². The van der Waals surface area contributed by atoms with Crippen LogP contribution in [-0.4, -0.2) is 19.1 Å². The van der Waals surface area contributed by atoms with E-state index in [9.17, 15) is 13.2 Å². The van der Waals surface area contributed by atoms with E-state index in [1.165, 1.54) is 0 Å². The molecule has 0 aliphatic carbocycles. The van der Waals surface area contributed by atoms with Gasteiger partial charge in [0.2, 0.25) is 0 Å². The number of nitrogens with two attached hydrogens (primary N) is 1. The van der Waals surface area contributed by atoms with Crippen LogP contribution >= 0.6 is 0 Å². The van der Waals surface area contributed by atoms with Crippen LogP contribution in [0.2, 0.25) is 0 Å². The number of carbonyl (C=O) groups excluding carboxylic acids is 1. The van der Waals surface area contributed by atoms with E-state index in [1.807, 2.05) is 0 Å². The summed E-state index contributed by atoms with van der Waals surface area (Å²) in [5, 5.41) is 2.80. The molecule has 2 aromatic rings. The molecule has 0 spiro atoms. The normalized spacial score (nSPS) is 12.0. The summed E-state index contributed by atoms with van der Waals surface area (Å²) in [5.41, 5.74) is 8.22. The van der Waals surface area contributed by atoms with Gasteiger partial charge >= 0.3 is 0 Å². The molecule has 0 heterocycles. The number of hydrogen-bond acceptors (Lipinski definition) is 4. The molecule has 3 N–H and O–H groups in total. The van der Waals surface area contributed by atoms with E-state index in [2.05, 4.69) is 5.32 Å². The maximum Gasteiger partial charge on any atom is 0.255 e. The molecule has 0 aliphatic heterocycles. The maximum atomic E-state index is 12.3. The maximum absolute atomic E-state index is 12.3. The van der Waals surface area contributed by atoms with Crippen LogP contribution in [0.25, 0.3) is 0 Å². The lowest BCUT2D eigenvalue weighted by molar-refractivity contribution is 0.102. The Morgan fingerprint density at radius 2 is 1.68 bits per heavy atom. The largest absolute Gasteiger partial charge is 0.326 e. The van der Waals surface area contributed by atoms with Crippen LogP contribution in [-0.2, 0) is 22.1 Å². The Hall–Kier alpha value is -2.18. The third kappa shape index (κ3) is 4.90. The second kappa shape index (κ2) is 7.37. The molecule has 0 saturated carbocycles. The van der Waals surface area contributed by atoms with Gasteiger partial charge in [-0.1, -0.05) is 24.3 Å². The van der Waals surface area contributed by atoms with Gasteiger partial charge in [0.25, 0.3) is 5.91 Å². The van der Waals surface area contributed by atoms with E-state index in [0.717, 1.165) is 5.56 Å². The van der Waals surface area contributed by atoms with Crippen molar-refractivity contribution in [3.63, 3.8) is 0 Å². The highest BCUT2D eigenvalue weighted by atomic mass is 32.2. The highest BCUT2D eigenvalue weighted by Crippen LogP contribution is 2.22. The number of benzene rings is 2. The quantitative estimate of drug-likeness (QED) is 0.857. The van der Waals surface area contributed by atoms with E-state index in [-0.39, 0.29) is 11.7 Å². The lowest BCUT2D eigenvalue weighted by atomic mass is 10.1. The van der Waals surface area contributed by atoms with E-state index in [1.54, 1.807) is 69.3 Å². The van der Waals surface area contributed by atoms with Gasteiger partial charge in [0, 0.05) is 17.8 Å². The fourth-order valence-corrected chi connectivity index (χ4v) is 3.22. The summed E-state index contributed by atoms with van der Waals surface area (Å²) in [5.74, 6) is -0.315. The van der Waals surface area contributed by atoms with Gasteiger partial charge in [0.05, 0.1) is 10.5 Å². The first-order valence-corrected chi connectivity index (χ1v) is 9.69. The number of rotatable bonds is 5. The Morgan fingerprint density at radius 1 is 1.04 bits per heavy atom. The van der Waals surface area contributed by atoms with Crippen LogP contribution in [0.1, 0.15) is 42.3 Å². The molecule has 6 heteroatoms. The second-order valence-electron chi connectivity index (χ2n) is 6.93. The number of nitrogens with one attached hydrogen (secondary N) is 1. The van der Waals surface area contributed by atoms with E-state index in [4.69, 9.17) is 5.73 Å². The molecule has 5 nitrogen and oxygen atoms in total. The van der Waals surface area contributed by atoms with Gasteiger partial charge in [-0.2, -0.15) is 0 Å². The summed E-state index contributed by atoms with van der Waals surface area (Å²) >= 11 is 0. The molecule has 25 heavy (non-hydrogen) atoms. The number of amides is 1. The van der Waals surface area contributed by atoms with Crippen molar-refractivity contribution in [2.24, 2.45) is 5.73 Å². The third-order valence-corrected chi connectivity index (χ3v) is 6.51. The number of carbonyl (C=O) groups is 1. The molecule has 0 aliphatic rings. The average Bonchev–Trinajstić information content (AvgIpc) is 2.53. The van der Waals surface area contributed by atoms with Crippen molar-refractivity contribution in [1.82, 2.24) is 0 Å². The van der Waals surface area contributed by atoms with Gasteiger partial charge in [-0.25, -0.2) is 8.42 Å². The van der Waals surface area contributed by atoms with Gasteiger partial charge < -0.3 is 11.1 Å². The van der Waals surface area contributed by atoms with Gasteiger partial charge in [-0.15, -0.1) is 0 Å². The zero-order chi connectivity index (χ0) is 18.7. The second-order valence-corrected chi connectivity index (χ2v) is 9.67. The predicted molar refractivity (Wildman–Crippen MR) is 101 cm³/mol. The fourth-order valence-electron chi connectivity index (χ4n) is 2.17. The third-order valence-electron chi connectivity index (χ3n) is 3.93. The summed E-state index contributed by atoms with van der Waals surface area (Å²) in [7, 11) is -3.28. The van der Waals surface area contributed by atoms with Crippen molar-refractivity contribution in [2.75, 3.05) is 5.32 Å². The molecule has 1 amide bonds. The molecular weight excluding hydrogens is 336 g/mol. The monoisotopic (exact) mass is 360 g/mol. The molecule has 2 aromatic carbocycles. The molecule has 0 radical (unpaired) electrons. The van der Waals surface area contributed by atoms with Crippen LogP contribution in [0.5, 0.6) is 0 Å². The molecule has 134 valence electrons. The average molecular weight is 360 g/mol. The minimum atomic E-state index is -3.28. The van der Waals surface area contributed by atoms with Crippen molar-refractivity contribution in [2.45, 2.75) is 37.8 Å². The SMILES string of the molecule is CC(C)(C)S(=O)(=O)Cc1cccc(NC(=O)c2ccc(CN)cc2)c1. The number of anilines is 1. The molecule has 0 saturated heterocycles. The molecule has 0 atom stereocenters. The van der Waals surface area contributed by atoms with Crippen LogP contribution in [0, 0.1) is 0 Å². The van der Waals surface area contributed by atoms with E-state index >= 15 is 0 Å². The highest BCUT2D eigenvalue weighted by Gasteiger charge is 2.29. The first-order chi connectivity index (χ1) is 11.6. The van der Waals surface area contributed by atoms with Gasteiger partial charge in [0.1, 0.15) is 0 Å². The van der Waals surface area contributed by atoms with Crippen LogP contribution < -0.4 is 11.1 Å². The Morgan fingerprint density at radius 3 is 2.24 bits per heavy atom. The lowest BCUT2D eigenvalue weighted by Crippen LogP contribution is -2.29. The summed E-state index contributed by atoms with van der Waals surface area (Å²) in [4.78, 5) is 12.3. The summed E-state index contributed by atoms with van der Waals surface area (Å²) in [6.45, 7) is 5.46. The molecule has 2 rings (SSSR count). The van der Waals surface area contributed by atoms with Crippen molar-refractivity contribution in [3.8, 4) is 0 Å². The predicted octanol–water partition coefficient (Wildman–Crippen LogP) is 3.11. The smallest absolute Gasteiger partial charge is 0.255 e. The molecule has 0 fully saturated rings. The summed E-state index contributed by atoms with van der Waals surface area (Å²) in [6.07, 6.45) is 0. The Bertz CT molecular complexity index is 851. The Balaban J connectivity index is 2.14. The van der Waals surface area contributed by atoms with E-state index in [0.29, 0.717) is 23.4 Å². The first kappa shape index (κ1) is 19.1.